The number of carbonyl (C=O) groups is 1. The van der Waals surface area contributed by atoms with Crippen LogP contribution in [0.2, 0.25) is 0 Å². The third-order valence-electron chi connectivity index (χ3n) is 6.01. The van der Waals surface area contributed by atoms with Crippen molar-refractivity contribution in [3.63, 3.8) is 0 Å². The monoisotopic (exact) mass is 502 g/mol. The zero-order chi connectivity index (χ0) is 26.4. The number of imidazole rings is 1. The fourth-order valence-corrected chi connectivity index (χ4v) is 4.45. The van der Waals surface area contributed by atoms with Crippen molar-refractivity contribution in [2.24, 2.45) is 0 Å². The number of piperidine rings is 1. The van der Waals surface area contributed by atoms with E-state index in [0.29, 0.717) is 24.3 Å². The van der Waals surface area contributed by atoms with Gasteiger partial charge in [0.1, 0.15) is 22.6 Å². The van der Waals surface area contributed by atoms with E-state index in [1.807, 2.05) is 18.4 Å². The van der Waals surface area contributed by atoms with Crippen molar-refractivity contribution >= 4 is 23.1 Å². The van der Waals surface area contributed by atoms with Crippen molar-refractivity contribution in [1.29, 1.82) is 0 Å². The average molecular weight is 503 g/mol. The number of rotatable bonds is 4. The van der Waals surface area contributed by atoms with Crippen molar-refractivity contribution in [3.8, 4) is 11.3 Å². The van der Waals surface area contributed by atoms with Gasteiger partial charge < -0.3 is 24.6 Å². The second kappa shape index (κ2) is 9.61. The Morgan fingerprint density at radius 2 is 1.94 bits per heavy atom. The van der Waals surface area contributed by atoms with Crippen LogP contribution in [0, 0.1) is 18.6 Å². The van der Waals surface area contributed by atoms with Crippen LogP contribution in [-0.4, -0.2) is 66.5 Å². The molecule has 0 radical (unpaired) electrons. The summed E-state index contributed by atoms with van der Waals surface area (Å²) in [4.78, 5) is 26.4. The van der Waals surface area contributed by atoms with Gasteiger partial charge >= 0.3 is 6.09 Å². The molecule has 11 heteroatoms. The molecule has 0 saturated carbocycles. The lowest BCUT2D eigenvalue weighted by molar-refractivity contribution is 0.00113. The first kappa shape index (κ1) is 25.7. The first-order valence-electron chi connectivity index (χ1n) is 12.0. The number of aromatic nitrogens is 4. The molecule has 1 amide bonds. The number of carbonyl (C=O) groups excluding carboxylic acids is 1. The van der Waals surface area contributed by atoms with E-state index in [1.54, 1.807) is 33.8 Å². The number of likely N-dealkylation sites (tertiary alicyclic amines) is 1. The number of nitrogens with zero attached hydrogens (tertiary/aromatic N) is 5. The Balaban J connectivity index is 1.56. The smallest absolute Gasteiger partial charge is 0.410 e. The predicted octanol–water partition coefficient (Wildman–Crippen LogP) is 4.44. The fraction of sp³-hybridized carbons (Fsp3) is 0.520. The molecule has 2 aromatic heterocycles. The van der Waals surface area contributed by atoms with E-state index in [0.717, 1.165) is 6.20 Å². The first-order chi connectivity index (χ1) is 16.8. The molecule has 1 fully saturated rings. The third kappa shape index (κ3) is 5.25. The average Bonchev–Trinajstić information content (AvgIpc) is 3.11. The molecule has 1 aliphatic heterocycles. The number of benzene rings is 1. The summed E-state index contributed by atoms with van der Waals surface area (Å²) in [5, 5.41) is 13.7. The number of aryl methyl sites for hydroxylation is 1. The van der Waals surface area contributed by atoms with E-state index in [2.05, 4.69) is 20.3 Å². The molecule has 2 N–H and O–H groups in total. The van der Waals surface area contributed by atoms with E-state index in [-0.39, 0.29) is 35.3 Å². The number of aliphatic hydroxyl groups is 1. The molecule has 1 saturated heterocycles. The topological polar surface area (TPSA) is 105 Å². The summed E-state index contributed by atoms with van der Waals surface area (Å²) in [6.45, 7) is 11.5. The number of ether oxygens (including phenoxy) is 1. The standard InChI is InChI=1S/C25H32F2N6O3/c1-13(2)33-14(3)29-22-16(26)9-15(10-19(22)33)21-17(27)11-28-23(31-21)30-18-7-8-32(12-20(18)34)24(35)36-25(4,5)6/h9-11,13,18,20,34H,7-8,12H2,1-6H3,(H,28,30,31)/t18-,20?/m1/s1. The minimum atomic E-state index is -0.916. The number of hydrogen-bond donors (Lipinski definition) is 2. The highest BCUT2D eigenvalue weighted by Gasteiger charge is 2.33. The fourth-order valence-electron chi connectivity index (χ4n) is 4.45. The van der Waals surface area contributed by atoms with Gasteiger partial charge in [-0.05, 0) is 60.1 Å². The minimum absolute atomic E-state index is 0.0326. The van der Waals surface area contributed by atoms with Crippen molar-refractivity contribution in [3.05, 3.63) is 35.8 Å². The lowest BCUT2D eigenvalue weighted by atomic mass is 10.0. The second-order valence-corrected chi connectivity index (χ2v) is 10.4. The Hall–Kier alpha value is -3.34. The van der Waals surface area contributed by atoms with Gasteiger partial charge in [0.15, 0.2) is 11.6 Å². The van der Waals surface area contributed by atoms with Crippen molar-refractivity contribution in [2.45, 2.75) is 71.8 Å². The number of amides is 1. The maximum absolute atomic E-state index is 14.9. The van der Waals surface area contributed by atoms with Gasteiger partial charge in [-0.2, -0.15) is 0 Å². The van der Waals surface area contributed by atoms with Crippen molar-refractivity contribution in [2.75, 3.05) is 18.4 Å². The van der Waals surface area contributed by atoms with E-state index in [9.17, 15) is 18.7 Å². The Morgan fingerprint density at radius 3 is 2.58 bits per heavy atom. The third-order valence-corrected chi connectivity index (χ3v) is 6.01. The first-order valence-corrected chi connectivity index (χ1v) is 12.0. The van der Waals surface area contributed by atoms with Crippen LogP contribution in [0.5, 0.6) is 0 Å². The Labute approximate surface area is 208 Å². The molecule has 1 aromatic carbocycles. The van der Waals surface area contributed by atoms with Gasteiger partial charge in [0.2, 0.25) is 5.95 Å². The van der Waals surface area contributed by atoms with E-state index < -0.39 is 35.5 Å². The molecule has 1 aliphatic rings. The van der Waals surface area contributed by atoms with E-state index >= 15 is 0 Å². The Kier molecular flexibility index (Phi) is 6.87. The Morgan fingerprint density at radius 1 is 1.22 bits per heavy atom. The molecular weight excluding hydrogens is 470 g/mol. The van der Waals surface area contributed by atoms with Crippen LogP contribution in [0.3, 0.4) is 0 Å². The molecule has 3 heterocycles. The summed E-state index contributed by atoms with van der Waals surface area (Å²) in [6, 6.07) is 2.45. The molecule has 0 bridgehead atoms. The number of β-amino-alcohol motifs (C(OH)–C–C–N with tert-alkyl or cyclic N) is 1. The van der Waals surface area contributed by atoms with Crippen LogP contribution >= 0.6 is 0 Å². The number of hydrogen-bond acceptors (Lipinski definition) is 7. The lowest BCUT2D eigenvalue weighted by Gasteiger charge is -2.36. The minimum Gasteiger partial charge on any atom is -0.444 e. The molecular formula is C25H32F2N6O3. The highest BCUT2D eigenvalue weighted by atomic mass is 19.1. The van der Waals surface area contributed by atoms with Crippen LogP contribution in [0.25, 0.3) is 22.3 Å². The number of halogens is 2. The molecule has 9 nitrogen and oxygen atoms in total. The van der Waals surface area contributed by atoms with Gasteiger partial charge in [-0.3, -0.25) is 0 Å². The summed E-state index contributed by atoms with van der Waals surface area (Å²) < 4.78 is 37.0. The number of aliphatic hydroxyl groups excluding tert-OH is 1. The molecule has 0 spiro atoms. The maximum atomic E-state index is 14.9. The Bertz CT molecular complexity index is 1290. The molecule has 1 unspecified atom stereocenters. The zero-order valence-corrected chi connectivity index (χ0v) is 21.3. The predicted molar refractivity (Wildman–Crippen MR) is 132 cm³/mol. The van der Waals surface area contributed by atoms with Crippen LogP contribution in [-0.2, 0) is 4.74 Å². The molecule has 2 atom stereocenters. The van der Waals surface area contributed by atoms with Gasteiger partial charge in [-0.15, -0.1) is 0 Å². The zero-order valence-electron chi connectivity index (χ0n) is 21.3. The van der Waals surface area contributed by atoms with Crippen LogP contribution in [0.15, 0.2) is 18.3 Å². The van der Waals surface area contributed by atoms with Crippen molar-refractivity contribution < 1.29 is 23.4 Å². The molecule has 0 aliphatic carbocycles. The van der Waals surface area contributed by atoms with Gasteiger partial charge in [0.05, 0.1) is 30.4 Å². The van der Waals surface area contributed by atoms with Gasteiger partial charge in [0.25, 0.3) is 0 Å². The van der Waals surface area contributed by atoms with Crippen LogP contribution in [0.4, 0.5) is 19.5 Å². The van der Waals surface area contributed by atoms with Gasteiger partial charge in [-0.1, -0.05) is 0 Å². The number of nitrogens with one attached hydrogen (secondary N) is 1. The molecule has 4 rings (SSSR count). The summed E-state index contributed by atoms with van der Waals surface area (Å²) in [6.07, 6.45) is 0.0123. The number of fused-ring (bicyclic) bond motifs is 1. The van der Waals surface area contributed by atoms with Gasteiger partial charge in [-0.25, -0.2) is 28.5 Å². The highest BCUT2D eigenvalue weighted by molar-refractivity contribution is 5.83. The van der Waals surface area contributed by atoms with Crippen molar-refractivity contribution in [1.82, 2.24) is 24.4 Å². The van der Waals surface area contributed by atoms with E-state index in [4.69, 9.17) is 4.74 Å². The van der Waals surface area contributed by atoms with E-state index in [1.165, 1.54) is 11.0 Å². The summed E-state index contributed by atoms with van der Waals surface area (Å²) in [5.74, 6) is -0.516. The highest BCUT2D eigenvalue weighted by Crippen LogP contribution is 2.30. The molecule has 3 aromatic rings. The summed E-state index contributed by atoms with van der Waals surface area (Å²) in [5.41, 5.74) is 0.324. The second-order valence-electron chi connectivity index (χ2n) is 10.4. The molecule has 36 heavy (non-hydrogen) atoms. The SMILES string of the molecule is Cc1nc2c(F)cc(-c3nc(N[C@@H]4CCN(C(=O)OC(C)(C)C)CC4O)ncc3F)cc2n1C(C)C. The van der Waals surface area contributed by atoms with Crippen LogP contribution < -0.4 is 5.32 Å². The van der Waals surface area contributed by atoms with Gasteiger partial charge in [0, 0.05) is 18.2 Å². The maximum Gasteiger partial charge on any atom is 0.410 e. The van der Waals surface area contributed by atoms with Crippen LogP contribution in [0.1, 0.15) is 52.9 Å². The normalized spacial score (nSPS) is 18.7. The quantitative estimate of drug-likeness (QED) is 0.543. The number of anilines is 1. The summed E-state index contributed by atoms with van der Waals surface area (Å²) >= 11 is 0. The summed E-state index contributed by atoms with van der Waals surface area (Å²) in [7, 11) is 0. The lowest BCUT2D eigenvalue weighted by Crippen LogP contribution is -2.52. The largest absolute Gasteiger partial charge is 0.444 e. The molecule has 194 valence electrons.